The van der Waals surface area contributed by atoms with E-state index in [1.165, 1.54) is 11.3 Å². The Morgan fingerprint density at radius 2 is 2.24 bits per heavy atom. The molecule has 3 heterocycles. The lowest BCUT2D eigenvalue weighted by Gasteiger charge is -2.23. The fraction of sp³-hybridized carbons (Fsp3) is 0.647. The van der Waals surface area contributed by atoms with Crippen molar-refractivity contribution in [3.05, 3.63) is 11.1 Å². The smallest absolute Gasteiger partial charge is 0.311 e. The predicted molar refractivity (Wildman–Crippen MR) is 91.4 cm³/mol. The molecule has 0 spiro atoms. The number of aliphatic carboxylic acids is 1. The van der Waals surface area contributed by atoms with Gasteiger partial charge in [-0.25, -0.2) is 4.98 Å². The maximum atomic E-state index is 12.6. The summed E-state index contributed by atoms with van der Waals surface area (Å²) >= 11 is 1.39. The quantitative estimate of drug-likeness (QED) is 0.876. The van der Waals surface area contributed by atoms with Crippen LogP contribution in [0.1, 0.15) is 37.8 Å². The Balaban J connectivity index is 1.42. The number of carbonyl (C=O) groups is 3. The maximum absolute atomic E-state index is 12.6. The average Bonchev–Trinajstić information content (AvgIpc) is 3.28. The Hall–Kier alpha value is -1.96. The van der Waals surface area contributed by atoms with Crippen LogP contribution in [-0.2, 0) is 20.8 Å². The van der Waals surface area contributed by atoms with E-state index in [2.05, 4.69) is 4.98 Å². The van der Waals surface area contributed by atoms with Crippen LogP contribution in [0.3, 0.4) is 0 Å². The first kappa shape index (κ1) is 16.5. The van der Waals surface area contributed by atoms with E-state index in [1.54, 1.807) is 9.80 Å². The summed E-state index contributed by atoms with van der Waals surface area (Å²) in [5, 5.41) is 12.1. The van der Waals surface area contributed by atoms with Crippen LogP contribution in [0.15, 0.2) is 5.38 Å². The molecule has 0 aromatic carbocycles. The van der Waals surface area contributed by atoms with Gasteiger partial charge in [0.1, 0.15) is 0 Å². The molecule has 0 radical (unpaired) electrons. The van der Waals surface area contributed by atoms with Crippen molar-refractivity contribution in [3.63, 3.8) is 0 Å². The molecule has 2 aliphatic heterocycles. The second-order valence-electron chi connectivity index (χ2n) is 7.27. The molecule has 2 saturated heterocycles. The van der Waals surface area contributed by atoms with Gasteiger partial charge in [-0.1, -0.05) is 6.42 Å². The van der Waals surface area contributed by atoms with Crippen molar-refractivity contribution < 1.29 is 19.5 Å². The number of hydrogen-bond acceptors (Lipinski definition) is 5. The average molecular weight is 363 g/mol. The van der Waals surface area contributed by atoms with Gasteiger partial charge in [0.25, 0.3) is 0 Å². The maximum Gasteiger partial charge on any atom is 0.311 e. The van der Waals surface area contributed by atoms with Crippen LogP contribution in [0.5, 0.6) is 0 Å². The lowest BCUT2D eigenvalue weighted by atomic mass is 9.81. The van der Waals surface area contributed by atoms with Gasteiger partial charge in [-0.15, -0.1) is 11.3 Å². The van der Waals surface area contributed by atoms with Crippen molar-refractivity contribution in [1.29, 1.82) is 0 Å². The Kier molecular flexibility index (Phi) is 4.02. The van der Waals surface area contributed by atoms with Crippen LogP contribution in [0, 0.1) is 11.3 Å². The molecule has 8 heteroatoms. The largest absolute Gasteiger partial charge is 0.481 e. The molecular weight excluding hydrogens is 342 g/mol. The Bertz CT molecular complexity index is 733. The Morgan fingerprint density at radius 1 is 1.40 bits per heavy atom. The van der Waals surface area contributed by atoms with Gasteiger partial charge in [0.2, 0.25) is 11.8 Å². The second kappa shape index (κ2) is 6.09. The van der Waals surface area contributed by atoms with E-state index < -0.39 is 11.4 Å². The minimum atomic E-state index is -0.770. The molecule has 1 N–H and O–H groups in total. The van der Waals surface area contributed by atoms with E-state index >= 15 is 0 Å². The third-order valence-electron chi connectivity index (χ3n) is 5.83. The summed E-state index contributed by atoms with van der Waals surface area (Å²) in [6, 6.07) is 0. The number of aromatic nitrogens is 1. The molecule has 1 aromatic heterocycles. The van der Waals surface area contributed by atoms with Crippen LogP contribution in [-0.4, -0.2) is 52.4 Å². The van der Waals surface area contributed by atoms with Crippen molar-refractivity contribution >= 4 is 34.3 Å². The zero-order valence-electron chi connectivity index (χ0n) is 13.9. The topological polar surface area (TPSA) is 90.8 Å². The predicted octanol–water partition coefficient (Wildman–Crippen LogP) is 1.53. The monoisotopic (exact) mass is 363 g/mol. The summed E-state index contributed by atoms with van der Waals surface area (Å²) in [5.74, 6) is -0.682. The highest BCUT2D eigenvalue weighted by molar-refractivity contribution is 7.14. The molecular formula is C17H21N3O4S. The minimum Gasteiger partial charge on any atom is -0.481 e. The summed E-state index contributed by atoms with van der Waals surface area (Å²) in [4.78, 5) is 43.9. The first-order valence-electron chi connectivity index (χ1n) is 8.75. The van der Waals surface area contributed by atoms with Crippen molar-refractivity contribution in [2.24, 2.45) is 11.3 Å². The SMILES string of the molecule is O=C(Cc1csc(N2CCCC2=O)n1)N1C[C@@H]2CCC[C@@]2(C(=O)O)C1. The standard InChI is InChI=1S/C17H21N3O4S/c21-13-4-2-6-20(13)16-18-12(9-25-16)7-14(22)19-8-11-3-1-5-17(11,10-19)15(23)24/h9,11H,1-8,10H2,(H,23,24)/t11-,17+/m0/s1. The molecule has 4 rings (SSSR count). The molecule has 0 bridgehead atoms. The number of nitrogens with zero attached hydrogens (tertiary/aromatic N) is 3. The van der Waals surface area contributed by atoms with E-state index in [-0.39, 0.29) is 24.2 Å². The van der Waals surface area contributed by atoms with Gasteiger partial charge in [0, 0.05) is 31.4 Å². The molecule has 2 amide bonds. The van der Waals surface area contributed by atoms with E-state index in [4.69, 9.17) is 0 Å². The second-order valence-corrected chi connectivity index (χ2v) is 8.11. The molecule has 1 aliphatic carbocycles. The van der Waals surface area contributed by atoms with Crippen LogP contribution in [0.25, 0.3) is 0 Å². The number of carbonyl (C=O) groups excluding carboxylic acids is 2. The summed E-state index contributed by atoms with van der Waals surface area (Å²) < 4.78 is 0. The number of carboxylic acids is 1. The fourth-order valence-corrected chi connectivity index (χ4v) is 5.32. The summed E-state index contributed by atoms with van der Waals surface area (Å²) in [7, 11) is 0. The Labute approximate surface area is 149 Å². The Morgan fingerprint density at radius 3 is 2.92 bits per heavy atom. The third kappa shape index (κ3) is 2.72. The summed E-state index contributed by atoms with van der Waals surface area (Å²) in [6.45, 7) is 1.54. The zero-order chi connectivity index (χ0) is 17.6. The van der Waals surface area contributed by atoms with Gasteiger partial charge in [-0.05, 0) is 25.2 Å². The lowest BCUT2D eigenvalue weighted by molar-refractivity contribution is -0.149. The number of hydrogen-bond donors (Lipinski definition) is 1. The van der Waals surface area contributed by atoms with Gasteiger partial charge in [0.15, 0.2) is 5.13 Å². The highest BCUT2D eigenvalue weighted by atomic mass is 32.1. The molecule has 0 unspecified atom stereocenters. The van der Waals surface area contributed by atoms with Crippen LogP contribution < -0.4 is 4.90 Å². The van der Waals surface area contributed by atoms with Crippen molar-refractivity contribution in [1.82, 2.24) is 9.88 Å². The number of fused-ring (bicyclic) bond motifs is 1. The van der Waals surface area contributed by atoms with Crippen LogP contribution >= 0.6 is 11.3 Å². The molecule has 7 nitrogen and oxygen atoms in total. The molecule has 1 saturated carbocycles. The highest BCUT2D eigenvalue weighted by Crippen LogP contribution is 2.49. The van der Waals surface area contributed by atoms with Gasteiger partial charge in [0.05, 0.1) is 17.5 Å². The van der Waals surface area contributed by atoms with Crippen molar-refractivity contribution in [3.8, 4) is 0 Å². The molecule has 1 aromatic rings. The molecule has 134 valence electrons. The van der Waals surface area contributed by atoms with Gasteiger partial charge < -0.3 is 10.0 Å². The fourth-order valence-electron chi connectivity index (χ4n) is 4.45. The summed E-state index contributed by atoms with van der Waals surface area (Å²) in [6.07, 6.45) is 4.04. The number of thiazole rings is 1. The van der Waals surface area contributed by atoms with Crippen molar-refractivity contribution in [2.45, 2.75) is 38.5 Å². The normalized spacial score (nSPS) is 28.6. The van der Waals surface area contributed by atoms with E-state index in [9.17, 15) is 19.5 Å². The zero-order valence-corrected chi connectivity index (χ0v) is 14.8. The summed E-state index contributed by atoms with van der Waals surface area (Å²) in [5.41, 5.74) is -0.0867. The first-order chi connectivity index (χ1) is 12.0. The number of rotatable bonds is 4. The molecule has 25 heavy (non-hydrogen) atoms. The van der Waals surface area contributed by atoms with Crippen LogP contribution in [0.2, 0.25) is 0 Å². The number of anilines is 1. The molecule has 3 aliphatic rings. The number of amides is 2. The third-order valence-corrected chi connectivity index (χ3v) is 6.74. The van der Waals surface area contributed by atoms with Crippen LogP contribution in [0.4, 0.5) is 5.13 Å². The molecule has 3 fully saturated rings. The molecule has 2 atom stereocenters. The van der Waals surface area contributed by atoms with E-state index in [1.807, 2.05) is 5.38 Å². The number of carboxylic acid groups (broad SMARTS) is 1. The van der Waals surface area contributed by atoms with Gasteiger partial charge >= 0.3 is 5.97 Å². The van der Waals surface area contributed by atoms with Gasteiger partial charge in [-0.3, -0.25) is 19.3 Å². The lowest BCUT2D eigenvalue weighted by Crippen LogP contribution is -2.37. The number of likely N-dealkylation sites (tertiary alicyclic amines) is 1. The highest BCUT2D eigenvalue weighted by Gasteiger charge is 2.55. The first-order valence-corrected chi connectivity index (χ1v) is 9.63. The van der Waals surface area contributed by atoms with Gasteiger partial charge in [-0.2, -0.15) is 0 Å². The minimum absolute atomic E-state index is 0.0698. The van der Waals surface area contributed by atoms with E-state index in [0.29, 0.717) is 43.3 Å². The van der Waals surface area contributed by atoms with Crippen molar-refractivity contribution in [2.75, 3.05) is 24.5 Å². The van der Waals surface area contributed by atoms with E-state index in [0.717, 1.165) is 19.3 Å².